The number of piperidine rings is 1. The number of thioether (sulfide) groups is 1. The smallest absolute Gasteiger partial charge is 0.0406 e. The zero-order valence-corrected chi connectivity index (χ0v) is 12.0. The number of benzene rings is 1. The summed E-state index contributed by atoms with van der Waals surface area (Å²) in [7, 11) is 0. The lowest BCUT2D eigenvalue weighted by Crippen LogP contribution is -2.39. The van der Waals surface area contributed by atoms with Crippen molar-refractivity contribution in [2.75, 3.05) is 0 Å². The van der Waals surface area contributed by atoms with Crippen LogP contribution in [0.3, 0.4) is 0 Å². The fraction of sp³-hybridized carbons (Fsp3) is 0.538. The minimum absolute atomic E-state index is 0. The molecule has 2 aliphatic rings. The van der Waals surface area contributed by atoms with Gasteiger partial charge in [0.2, 0.25) is 0 Å². The van der Waals surface area contributed by atoms with Gasteiger partial charge in [-0.2, -0.15) is 0 Å². The van der Waals surface area contributed by atoms with Crippen molar-refractivity contribution in [1.82, 2.24) is 5.32 Å². The van der Waals surface area contributed by atoms with Crippen LogP contribution in [0, 0.1) is 0 Å². The van der Waals surface area contributed by atoms with Crippen LogP contribution >= 0.6 is 35.8 Å². The third kappa shape index (κ3) is 3.31. The van der Waals surface area contributed by atoms with E-state index >= 15 is 0 Å². The van der Waals surface area contributed by atoms with E-state index in [0.717, 1.165) is 22.4 Å². The fourth-order valence-corrected chi connectivity index (χ4v) is 4.27. The van der Waals surface area contributed by atoms with Crippen molar-refractivity contribution in [3.05, 3.63) is 29.3 Å². The number of rotatable bonds is 2. The Bertz CT molecular complexity index is 356. The third-order valence-corrected chi connectivity index (χ3v) is 5.06. The molecule has 0 radical (unpaired) electrons. The van der Waals surface area contributed by atoms with Gasteiger partial charge in [-0.05, 0) is 49.9 Å². The van der Waals surface area contributed by atoms with E-state index in [9.17, 15) is 0 Å². The highest BCUT2D eigenvalue weighted by atomic mass is 35.5. The first-order chi connectivity index (χ1) is 7.79. The molecule has 0 aliphatic carbocycles. The molecule has 2 unspecified atom stereocenters. The van der Waals surface area contributed by atoms with Gasteiger partial charge in [0.05, 0.1) is 0 Å². The molecular formula is C13H17Cl2NS. The van der Waals surface area contributed by atoms with Gasteiger partial charge in [-0.15, -0.1) is 24.2 Å². The van der Waals surface area contributed by atoms with E-state index in [-0.39, 0.29) is 12.4 Å². The number of hydrogen-bond donors (Lipinski definition) is 1. The monoisotopic (exact) mass is 289 g/mol. The van der Waals surface area contributed by atoms with Gasteiger partial charge in [-0.1, -0.05) is 11.6 Å². The number of fused-ring (bicyclic) bond motifs is 2. The lowest BCUT2D eigenvalue weighted by atomic mass is 10.1. The van der Waals surface area contributed by atoms with Crippen molar-refractivity contribution in [2.24, 2.45) is 0 Å². The lowest BCUT2D eigenvalue weighted by Gasteiger charge is -2.28. The zero-order chi connectivity index (χ0) is 11.0. The Morgan fingerprint density at radius 3 is 2.24 bits per heavy atom. The molecule has 1 nitrogen and oxygen atoms in total. The maximum absolute atomic E-state index is 5.89. The van der Waals surface area contributed by atoms with Gasteiger partial charge in [0.1, 0.15) is 0 Å². The van der Waals surface area contributed by atoms with Crippen molar-refractivity contribution in [2.45, 2.75) is 47.9 Å². The predicted molar refractivity (Wildman–Crippen MR) is 77.5 cm³/mol. The summed E-state index contributed by atoms with van der Waals surface area (Å²) in [6.45, 7) is 0. The fourth-order valence-electron chi connectivity index (χ4n) is 2.81. The molecule has 2 bridgehead atoms. The molecule has 2 heterocycles. The van der Waals surface area contributed by atoms with Crippen molar-refractivity contribution in [1.29, 1.82) is 0 Å². The normalized spacial score (nSPS) is 31.0. The van der Waals surface area contributed by atoms with Crippen LogP contribution in [0.25, 0.3) is 0 Å². The van der Waals surface area contributed by atoms with Gasteiger partial charge in [0, 0.05) is 27.3 Å². The van der Waals surface area contributed by atoms with E-state index < -0.39 is 0 Å². The van der Waals surface area contributed by atoms with Crippen LogP contribution in [0.1, 0.15) is 25.7 Å². The van der Waals surface area contributed by atoms with Crippen LogP contribution in [0.15, 0.2) is 29.2 Å². The van der Waals surface area contributed by atoms with Crippen LogP contribution < -0.4 is 5.32 Å². The molecule has 0 spiro atoms. The lowest BCUT2D eigenvalue weighted by molar-refractivity contribution is 0.415. The quantitative estimate of drug-likeness (QED) is 0.878. The highest BCUT2D eigenvalue weighted by molar-refractivity contribution is 8.00. The Hall–Kier alpha value is 0.110. The van der Waals surface area contributed by atoms with Crippen molar-refractivity contribution >= 4 is 35.8 Å². The van der Waals surface area contributed by atoms with Crippen molar-refractivity contribution < 1.29 is 0 Å². The largest absolute Gasteiger partial charge is 0.311 e. The second kappa shape index (κ2) is 5.83. The molecule has 17 heavy (non-hydrogen) atoms. The summed E-state index contributed by atoms with van der Waals surface area (Å²) in [5.74, 6) is 0. The molecule has 2 aliphatic heterocycles. The maximum atomic E-state index is 5.89. The molecule has 1 N–H and O–H groups in total. The molecule has 4 heteroatoms. The molecule has 3 rings (SSSR count). The Morgan fingerprint density at radius 1 is 1.06 bits per heavy atom. The van der Waals surface area contributed by atoms with E-state index in [0.29, 0.717) is 0 Å². The molecular weight excluding hydrogens is 273 g/mol. The van der Waals surface area contributed by atoms with E-state index in [1.54, 1.807) is 0 Å². The first kappa shape index (κ1) is 13.5. The van der Waals surface area contributed by atoms with Crippen LogP contribution in [0.5, 0.6) is 0 Å². The zero-order valence-electron chi connectivity index (χ0n) is 9.56. The minimum atomic E-state index is 0. The highest BCUT2D eigenvalue weighted by Gasteiger charge is 2.33. The Morgan fingerprint density at radius 2 is 1.65 bits per heavy atom. The average molecular weight is 290 g/mol. The van der Waals surface area contributed by atoms with Gasteiger partial charge >= 0.3 is 0 Å². The molecule has 2 saturated heterocycles. The molecule has 0 aromatic heterocycles. The van der Waals surface area contributed by atoms with E-state index in [1.807, 2.05) is 23.9 Å². The van der Waals surface area contributed by atoms with Gasteiger partial charge in [0.15, 0.2) is 0 Å². The second-order valence-electron chi connectivity index (χ2n) is 4.80. The minimum Gasteiger partial charge on any atom is -0.311 e. The Kier molecular flexibility index (Phi) is 4.65. The van der Waals surface area contributed by atoms with Crippen LogP contribution in [-0.4, -0.2) is 17.3 Å². The van der Waals surface area contributed by atoms with Gasteiger partial charge in [-0.25, -0.2) is 0 Å². The number of hydrogen-bond acceptors (Lipinski definition) is 2. The molecule has 0 saturated carbocycles. The van der Waals surface area contributed by atoms with Gasteiger partial charge in [-0.3, -0.25) is 0 Å². The first-order valence-corrected chi connectivity index (χ1v) is 7.23. The van der Waals surface area contributed by atoms with E-state index in [2.05, 4.69) is 17.4 Å². The maximum Gasteiger partial charge on any atom is 0.0406 e. The molecule has 1 aromatic rings. The Balaban J connectivity index is 0.00000108. The Labute approximate surface area is 118 Å². The molecule has 94 valence electrons. The van der Waals surface area contributed by atoms with Crippen LogP contribution in [-0.2, 0) is 0 Å². The summed E-state index contributed by atoms with van der Waals surface area (Å²) in [4.78, 5) is 1.36. The van der Waals surface area contributed by atoms with E-state index in [4.69, 9.17) is 11.6 Å². The topological polar surface area (TPSA) is 12.0 Å². The van der Waals surface area contributed by atoms with Gasteiger partial charge < -0.3 is 5.32 Å². The van der Waals surface area contributed by atoms with Crippen molar-refractivity contribution in [3.8, 4) is 0 Å². The van der Waals surface area contributed by atoms with Crippen LogP contribution in [0.4, 0.5) is 0 Å². The molecule has 1 aromatic carbocycles. The third-order valence-electron chi connectivity index (χ3n) is 3.55. The summed E-state index contributed by atoms with van der Waals surface area (Å²) in [5.41, 5.74) is 0. The van der Waals surface area contributed by atoms with Crippen LogP contribution in [0.2, 0.25) is 5.02 Å². The summed E-state index contributed by atoms with van der Waals surface area (Å²) < 4.78 is 0. The van der Waals surface area contributed by atoms with Gasteiger partial charge in [0.25, 0.3) is 0 Å². The molecule has 2 fully saturated rings. The summed E-state index contributed by atoms with van der Waals surface area (Å²) in [6, 6.07) is 9.81. The SMILES string of the molecule is Cl.Clc1ccc(SC2CC3CCC(C2)N3)cc1. The molecule has 0 amide bonds. The summed E-state index contributed by atoms with van der Waals surface area (Å²) >= 11 is 7.91. The standard InChI is InChI=1S/C13H16ClNS.ClH/c14-9-1-5-12(6-2-9)16-13-7-10-3-4-11(8-13)15-10;/h1-2,5-6,10-11,13,15H,3-4,7-8H2;1H. The van der Waals surface area contributed by atoms with E-state index in [1.165, 1.54) is 30.6 Å². The first-order valence-electron chi connectivity index (χ1n) is 5.98. The molecule has 2 atom stereocenters. The summed E-state index contributed by atoms with van der Waals surface area (Å²) in [5, 5.41) is 5.30. The second-order valence-corrected chi connectivity index (χ2v) is 6.61. The summed E-state index contributed by atoms with van der Waals surface area (Å²) in [6.07, 6.45) is 5.40. The predicted octanol–water partition coefficient (Wildman–Crippen LogP) is 4.14. The number of nitrogens with one attached hydrogen (secondary N) is 1. The average Bonchev–Trinajstić information content (AvgIpc) is 2.62. The highest BCUT2D eigenvalue weighted by Crippen LogP contribution is 2.37. The number of halogens is 2. The van der Waals surface area contributed by atoms with Crippen molar-refractivity contribution in [3.63, 3.8) is 0 Å².